The predicted octanol–water partition coefficient (Wildman–Crippen LogP) is 4.07. The summed E-state index contributed by atoms with van der Waals surface area (Å²) in [6.07, 6.45) is 0. The number of hydrogen-bond acceptors (Lipinski definition) is 3. The zero-order valence-corrected chi connectivity index (χ0v) is 13.4. The summed E-state index contributed by atoms with van der Waals surface area (Å²) < 4.78 is 0.939. The van der Waals surface area contributed by atoms with Gasteiger partial charge in [0.2, 0.25) is 5.91 Å². The summed E-state index contributed by atoms with van der Waals surface area (Å²) in [7, 11) is 0. The van der Waals surface area contributed by atoms with Gasteiger partial charge >= 0.3 is 0 Å². The Bertz CT molecular complexity index is 631. The minimum absolute atomic E-state index is 0.0325. The van der Waals surface area contributed by atoms with Gasteiger partial charge in [0.05, 0.1) is 5.75 Å². The van der Waals surface area contributed by atoms with E-state index in [0.717, 1.165) is 20.6 Å². The molecule has 0 heterocycles. The van der Waals surface area contributed by atoms with E-state index in [1.54, 1.807) is 0 Å². The first-order chi connectivity index (χ1) is 9.54. The topological polar surface area (TPSA) is 55.1 Å². The lowest BCUT2D eigenvalue weighted by Crippen LogP contribution is -2.14. The van der Waals surface area contributed by atoms with Crippen molar-refractivity contribution in [3.8, 4) is 0 Å². The molecule has 5 heteroatoms. The van der Waals surface area contributed by atoms with Crippen molar-refractivity contribution in [1.82, 2.24) is 0 Å². The van der Waals surface area contributed by atoms with Gasteiger partial charge in [0.15, 0.2) is 0 Å². The SMILES string of the molecule is Cc1ccc(N)cc1SCC(=O)Nc1cccc(Br)c1. The summed E-state index contributed by atoms with van der Waals surface area (Å²) in [5, 5.41) is 2.87. The molecule has 0 radical (unpaired) electrons. The molecule has 0 bridgehead atoms. The van der Waals surface area contributed by atoms with E-state index in [2.05, 4.69) is 21.2 Å². The fourth-order valence-electron chi connectivity index (χ4n) is 1.68. The molecule has 2 rings (SSSR count). The Labute approximate surface area is 131 Å². The highest BCUT2D eigenvalue weighted by Gasteiger charge is 2.06. The van der Waals surface area contributed by atoms with Crippen LogP contribution < -0.4 is 11.1 Å². The first kappa shape index (κ1) is 14.9. The number of nitrogens with one attached hydrogen (secondary N) is 1. The second kappa shape index (κ2) is 6.81. The van der Waals surface area contributed by atoms with Crippen molar-refractivity contribution in [2.45, 2.75) is 11.8 Å². The minimum Gasteiger partial charge on any atom is -0.399 e. The molecule has 3 N–H and O–H groups in total. The highest BCUT2D eigenvalue weighted by Crippen LogP contribution is 2.25. The molecule has 2 aromatic carbocycles. The summed E-state index contributed by atoms with van der Waals surface area (Å²) in [6, 6.07) is 13.3. The number of amides is 1. The number of hydrogen-bond donors (Lipinski definition) is 2. The maximum Gasteiger partial charge on any atom is 0.234 e. The number of thioether (sulfide) groups is 1. The van der Waals surface area contributed by atoms with Crippen LogP contribution >= 0.6 is 27.7 Å². The third-order valence-electron chi connectivity index (χ3n) is 2.68. The molecule has 0 fully saturated rings. The summed E-state index contributed by atoms with van der Waals surface area (Å²) in [5.41, 5.74) is 8.38. The number of aryl methyl sites for hydroxylation is 1. The molecule has 0 saturated carbocycles. The van der Waals surface area contributed by atoms with Crippen LogP contribution in [0.5, 0.6) is 0 Å². The molecule has 0 aliphatic carbocycles. The fourth-order valence-corrected chi connectivity index (χ4v) is 2.95. The Balaban J connectivity index is 1.94. The van der Waals surface area contributed by atoms with Crippen LogP contribution in [0.3, 0.4) is 0 Å². The van der Waals surface area contributed by atoms with Gasteiger partial charge in [0, 0.05) is 20.7 Å². The summed E-state index contributed by atoms with van der Waals surface area (Å²) >= 11 is 4.86. The van der Waals surface area contributed by atoms with Crippen molar-refractivity contribution < 1.29 is 4.79 Å². The molecular formula is C15H15BrN2OS. The van der Waals surface area contributed by atoms with Gasteiger partial charge < -0.3 is 11.1 Å². The monoisotopic (exact) mass is 350 g/mol. The predicted molar refractivity (Wildman–Crippen MR) is 89.1 cm³/mol. The molecule has 20 heavy (non-hydrogen) atoms. The Kier molecular flexibility index (Phi) is 5.09. The Morgan fingerprint density at radius 3 is 2.85 bits per heavy atom. The van der Waals surface area contributed by atoms with E-state index in [0.29, 0.717) is 11.4 Å². The summed E-state index contributed by atoms with van der Waals surface area (Å²) in [5.74, 6) is 0.325. The Morgan fingerprint density at radius 2 is 2.10 bits per heavy atom. The van der Waals surface area contributed by atoms with Crippen molar-refractivity contribution in [2.24, 2.45) is 0 Å². The average Bonchev–Trinajstić information content (AvgIpc) is 2.40. The van der Waals surface area contributed by atoms with Gasteiger partial charge in [-0.1, -0.05) is 28.1 Å². The number of benzene rings is 2. The Morgan fingerprint density at radius 1 is 1.30 bits per heavy atom. The first-order valence-electron chi connectivity index (χ1n) is 6.09. The van der Waals surface area contributed by atoms with Gasteiger partial charge in [-0.25, -0.2) is 0 Å². The Hall–Kier alpha value is -1.46. The maximum atomic E-state index is 11.9. The van der Waals surface area contributed by atoms with Crippen LogP contribution in [0.1, 0.15) is 5.56 Å². The highest BCUT2D eigenvalue weighted by atomic mass is 79.9. The zero-order valence-electron chi connectivity index (χ0n) is 11.0. The molecule has 0 spiro atoms. The van der Waals surface area contributed by atoms with E-state index in [9.17, 15) is 4.79 Å². The molecule has 0 aromatic heterocycles. The maximum absolute atomic E-state index is 11.9. The van der Waals surface area contributed by atoms with Crippen LogP contribution in [-0.2, 0) is 4.79 Å². The van der Waals surface area contributed by atoms with Gasteiger partial charge in [-0.15, -0.1) is 11.8 Å². The van der Waals surface area contributed by atoms with Crippen LogP contribution in [0.2, 0.25) is 0 Å². The molecule has 0 unspecified atom stereocenters. The number of halogens is 1. The van der Waals surface area contributed by atoms with Crippen LogP contribution in [0.4, 0.5) is 11.4 Å². The van der Waals surface area contributed by atoms with Crippen LogP contribution in [-0.4, -0.2) is 11.7 Å². The van der Waals surface area contributed by atoms with Gasteiger partial charge in [-0.3, -0.25) is 4.79 Å². The molecule has 3 nitrogen and oxygen atoms in total. The third kappa shape index (κ3) is 4.28. The van der Waals surface area contributed by atoms with Gasteiger partial charge in [0.25, 0.3) is 0 Å². The van der Waals surface area contributed by atoms with E-state index in [-0.39, 0.29) is 5.91 Å². The number of carbonyl (C=O) groups is 1. The first-order valence-corrected chi connectivity index (χ1v) is 7.87. The minimum atomic E-state index is -0.0325. The number of carbonyl (C=O) groups excluding carboxylic acids is 1. The van der Waals surface area contributed by atoms with Crippen LogP contribution in [0.25, 0.3) is 0 Å². The van der Waals surface area contributed by atoms with Crippen molar-refractivity contribution in [3.05, 3.63) is 52.5 Å². The van der Waals surface area contributed by atoms with Crippen molar-refractivity contribution >= 4 is 45.0 Å². The molecule has 2 aromatic rings. The molecule has 0 saturated heterocycles. The molecule has 0 aliphatic heterocycles. The number of nitrogen functional groups attached to an aromatic ring is 1. The smallest absolute Gasteiger partial charge is 0.234 e. The lowest BCUT2D eigenvalue weighted by molar-refractivity contribution is -0.113. The normalized spacial score (nSPS) is 10.3. The number of anilines is 2. The molecular weight excluding hydrogens is 336 g/mol. The fraction of sp³-hybridized carbons (Fsp3) is 0.133. The average molecular weight is 351 g/mol. The molecule has 0 aliphatic rings. The standard InChI is InChI=1S/C15H15BrN2OS/c1-10-5-6-12(17)8-14(10)20-9-15(19)18-13-4-2-3-11(16)7-13/h2-8H,9,17H2,1H3,(H,18,19). The van der Waals surface area contributed by atoms with Crippen LogP contribution in [0.15, 0.2) is 51.8 Å². The van der Waals surface area contributed by atoms with E-state index >= 15 is 0 Å². The van der Waals surface area contributed by atoms with Gasteiger partial charge in [-0.2, -0.15) is 0 Å². The summed E-state index contributed by atoms with van der Waals surface area (Å²) in [6.45, 7) is 2.01. The molecule has 1 amide bonds. The lowest BCUT2D eigenvalue weighted by Gasteiger charge is -2.08. The summed E-state index contributed by atoms with van der Waals surface area (Å²) in [4.78, 5) is 13.0. The van der Waals surface area contributed by atoms with Gasteiger partial charge in [0.1, 0.15) is 0 Å². The van der Waals surface area contributed by atoms with E-state index in [1.807, 2.05) is 49.4 Å². The van der Waals surface area contributed by atoms with Crippen molar-refractivity contribution in [3.63, 3.8) is 0 Å². The van der Waals surface area contributed by atoms with E-state index in [1.165, 1.54) is 11.8 Å². The highest BCUT2D eigenvalue weighted by molar-refractivity contribution is 9.10. The second-order valence-corrected chi connectivity index (χ2v) is 6.30. The largest absolute Gasteiger partial charge is 0.399 e. The lowest BCUT2D eigenvalue weighted by atomic mass is 10.2. The van der Waals surface area contributed by atoms with Crippen molar-refractivity contribution in [2.75, 3.05) is 16.8 Å². The van der Waals surface area contributed by atoms with Gasteiger partial charge in [-0.05, 0) is 42.8 Å². The number of rotatable bonds is 4. The number of nitrogens with two attached hydrogens (primary N) is 1. The zero-order chi connectivity index (χ0) is 14.5. The van der Waals surface area contributed by atoms with E-state index < -0.39 is 0 Å². The van der Waals surface area contributed by atoms with Crippen molar-refractivity contribution in [1.29, 1.82) is 0 Å². The molecule has 0 atom stereocenters. The molecule has 104 valence electrons. The van der Waals surface area contributed by atoms with E-state index in [4.69, 9.17) is 5.73 Å². The van der Waals surface area contributed by atoms with Crippen LogP contribution in [0, 0.1) is 6.92 Å². The third-order valence-corrected chi connectivity index (χ3v) is 4.33. The quantitative estimate of drug-likeness (QED) is 0.645. The second-order valence-electron chi connectivity index (χ2n) is 4.37.